The van der Waals surface area contributed by atoms with E-state index in [4.69, 9.17) is 9.47 Å². The molecule has 178 valence electrons. The molecule has 35 heavy (non-hydrogen) atoms. The smallest absolute Gasteiger partial charge is 0.318 e. The van der Waals surface area contributed by atoms with E-state index in [2.05, 4.69) is 15.3 Å². The first-order chi connectivity index (χ1) is 17.1. The molecule has 1 aromatic heterocycles. The number of benzene rings is 2. The predicted octanol–water partition coefficient (Wildman–Crippen LogP) is 3.51. The van der Waals surface area contributed by atoms with Gasteiger partial charge in [0, 0.05) is 29.9 Å². The highest BCUT2D eigenvalue weighted by Gasteiger charge is 2.49. The minimum atomic E-state index is -0.526. The minimum Gasteiger partial charge on any atom is -0.457 e. The van der Waals surface area contributed by atoms with E-state index in [9.17, 15) is 9.59 Å². The molecule has 0 unspecified atom stereocenters. The number of rotatable bonds is 5. The predicted molar refractivity (Wildman–Crippen MR) is 128 cm³/mol. The number of anilines is 1. The molecule has 1 N–H and O–H groups in total. The van der Waals surface area contributed by atoms with Gasteiger partial charge in [0.25, 0.3) is 5.91 Å². The van der Waals surface area contributed by atoms with Crippen molar-refractivity contribution < 1.29 is 23.5 Å². The maximum atomic E-state index is 13.7. The van der Waals surface area contributed by atoms with Crippen LogP contribution in [-0.4, -0.2) is 58.6 Å². The molecule has 2 aromatic carbocycles. The molecule has 8 nitrogen and oxygen atoms in total. The van der Waals surface area contributed by atoms with Gasteiger partial charge in [0.2, 0.25) is 0 Å². The maximum absolute atomic E-state index is 13.7. The van der Waals surface area contributed by atoms with Crippen LogP contribution in [0, 0.1) is 5.92 Å². The van der Waals surface area contributed by atoms with Gasteiger partial charge >= 0.3 is 5.97 Å². The van der Waals surface area contributed by atoms with Crippen LogP contribution in [0.1, 0.15) is 29.9 Å². The number of fused-ring (bicyclic) bond motifs is 5. The van der Waals surface area contributed by atoms with Crippen LogP contribution in [0.3, 0.4) is 0 Å². The molecular formula is C27H27N4O4+. The highest BCUT2D eigenvalue weighted by atomic mass is 16.5. The lowest BCUT2D eigenvalue weighted by molar-refractivity contribution is -0.938. The van der Waals surface area contributed by atoms with Gasteiger partial charge in [-0.15, -0.1) is 0 Å². The molecule has 1 amide bonds. The third-order valence-corrected chi connectivity index (χ3v) is 7.55. The quantitative estimate of drug-likeness (QED) is 0.453. The van der Waals surface area contributed by atoms with E-state index in [1.54, 1.807) is 12.4 Å². The number of nitrogens with one attached hydrogen (secondary N) is 1. The van der Waals surface area contributed by atoms with Gasteiger partial charge in [-0.1, -0.05) is 36.4 Å². The van der Waals surface area contributed by atoms with Crippen LogP contribution in [0.5, 0.6) is 11.5 Å². The molecule has 7 rings (SSSR count). The Bertz CT molecular complexity index is 1210. The molecule has 1 atom stereocenters. The Morgan fingerprint density at radius 1 is 0.971 bits per heavy atom. The Hall–Kier alpha value is -3.78. The zero-order valence-corrected chi connectivity index (χ0v) is 19.3. The summed E-state index contributed by atoms with van der Waals surface area (Å²) in [5, 5.41) is 2.89. The fraction of sp³-hybridized carbons (Fsp3) is 0.333. The van der Waals surface area contributed by atoms with Gasteiger partial charge in [0.1, 0.15) is 30.3 Å². The van der Waals surface area contributed by atoms with Crippen molar-refractivity contribution in [3.8, 4) is 11.5 Å². The summed E-state index contributed by atoms with van der Waals surface area (Å²) in [7, 11) is 0. The number of nitrogens with zero attached hydrogens (tertiary/aromatic N) is 3. The van der Waals surface area contributed by atoms with Crippen LogP contribution < -0.4 is 10.1 Å². The van der Waals surface area contributed by atoms with Crippen molar-refractivity contribution in [2.24, 2.45) is 5.92 Å². The van der Waals surface area contributed by atoms with Gasteiger partial charge in [0.15, 0.2) is 12.6 Å². The van der Waals surface area contributed by atoms with Crippen molar-refractivity contribution in [3.05, 3.63) is 78.4 Å². The van der Waals surface area contributed by atoms with Crippen LogP contribution in [-0.2, 0) is 14.3 Å². The number of piperidine rings is 3. The average Bonchev–Trinajstić information content (AvgIpc) is 2.88. The highest BCUT2D eigenvalue weighted by Crippen LogP contribution is 2.45. The minimum absolute atomic E-state index is 0.0717. The summed E-state index contributed by atoms with van der Waals surface area (Å²) in [6.45, 7) is 2.83. The number of para-hydroxylation sites is 2. The number of amides is 1. The molecule has 3 aromatic rings. The second kappa shape index (κ2) is 8.78. The first-order valence-electron chi connectivity index (χ1n) is 12.1. The third kappa shape index (κ3) is 4.14. The summed E-state index contributed by atoms with van der Waals surface area (Å²) >= 11 is 0. The average molecular weight is 472 g/mol. The van der Waals surface area contributed by atoms with Crippen molar-refractivity contribution in [1.82, 2.24) is 9.97 Å². The summed E-state index contributed by atoms with van der Waals surface area (Å²) in [4.78, 5) is 34.4. The fourth-order valence-corrected chi connectivity index (χ4v) is 5.83. The number of hydrogen-bond donors (Lipinski definition) is 1. The summed E-state index contributed by atoms with van der Waals surface area (Å²) in [6.07, 6.45) is 6.28. The lowest BCUT2D eigenvalue weighted by Gasteiger charge is -2.51. The van der Waals surface area contributed by atoms with Crippen molar-refractivity contribution in [2.45, 2.75) is 24.9 Å². The summed E-state index contributed by atoms with van der Waals surface area (Å²) in [5.74, 6) is 0.851. The molecule has 2 bridgehead atoms. The van der Waals surface area contributed by atoms with Gasteiger partial charge < -0.3 is 19.3 Å². The van der Waals surface area contributed by atoms with Crippen LogP contribution in [0.25, 0.3) is 0 Å². The second-order valence-electron chi connectivity index (χ2n) is 9.73. The van der Waals surface area contributed by atoms with Crippen LogP contribution in [0.15, 0.2) is 67.3 Å². The van der Waals surface area contributed by atoms with E-state index in [0.29, 0.717) is 40.7 Å². The number of quaternary nitrogens is 1. The van der Waals surface area contributed by atoms with E-state index >= 15 is 0 Å². The number of carbonyl (C=O) groups is 2. The lowest BCUT2D eigenvalue weighted by Crippen LogP contribution is -2.66. The molecule has 0 radical (unpaired) electrons. The lowest BCUT2D eigenvalue weighted by atomic mass is 9.82. The summed E-state index contributed by atoms with van der Waals surface area (Å²) in [6, 6.07) is 15.3. The molecule has 4 aliphatic heterocycles. The standard InChI is InChI=1S/C27H26N4O4/c32-25(30-19-13-28-17-29-14-19)16-31-11-9-18(10-12-31)24(15-31)35-27(33)26-20-5-1-3-7-22(20)34-23-8-4-2-6-21(23)26/h1-8,13-14,17-18,24,26H,9-12,15-16H2/p+1/t18?,24-,31?/m0/s1. The van der Waals surface area contributed by atoms with E-state index in [1.165, 1.54) is 6.33 Å². The number of esters is 1. The van der Waals surface area contributed by atoms with E-state index in [1.807, 2.05) is 48.5 Å². The number of hydrogen-bond acceptors (Lipinski definition) is 6. The molecule has 0 saturated carbocycles. The van der Waals surface area contributed by atoms with Crippen molar-refractivity contribution in [2.75, 3.05) is 31.5 Å². The third-order valence-electron chi connectivity index (χ3n) is 7.55. The highest BCUT2D eigenvalue weighted by molar-refractivity contribution is 5.91. The number of ether oxygens (including phenoxy) is 2. The zero-order chi connectivity index (χ0) is 23.8. The van der Waals surface area contributed by atoms with Gasteiger partial charge in [-0.05, 0) is 12.1 Å². The Morgan fingerprint density at radius 2 is 1.60 bits per heavy atom. The topological polar surface area (TPSA) is 90.4 Å². The fourth-order valence-electron chi connectivity index (χ4n) is 5.83. The Labute approximate surface area is 203 Å². The van der Waals surface area contributed by atoms with Crippen LogP contribution in [0.4, 0.5) is 5.69 Å². The molecule has 3 fully saturated rings. The van der Waals surface area contributed by atoms with Gasteiger partial charge in [-0.3, -0.25) is 9.59 Å². The van der Waals surface area contributed by atoms with E-state index < -0.39 is 5.92 Å². The largest absolute Gasteiger partial charge is 0.457 e. The molecule has 3 saturated heterocycles. The number of aromatic nitrogens is 2. The monoisotopic (exact) mass is 471 g/mol. The van der Waals surface area contributed by atoms with Gasteiger partial charge in [-0.25, -0.2) is 9.97 Å². The zero-order valence-electron chi connectivity index (χ0n) is 19.3. The molecular weight excluding hydrogens is 444 g/mol. The molecule has 0 spiro atoms. The first kappa shape index (κ1) is 21.7. The Morgan fingerprint density at radius 3 is 2.26 bits per heavy atom. The van der Waals surface area contributed by atoms with Crippen LogP contribution >= 0.6 is 0 Å². The molecule has 0 aliphatic carbocycles. The van der Waals surface area contributed by atoms with Crippen LogP contribution in [0.2, 0.25) is 0 Å². The van der Waals surface area contributed by atoms with E-state index in [-0.39, 0.29) is 18.0 Å². The molecule has 4 aliphatic rings. The molecule has 8 heteroatoms. The Kier molecular flexibility index (Phi) is 5.45. The van der Waals surface area contributed by atoms with Gasteiger partial charge in [0.05, 0.1) is 31.2 Å². The van der Waals surface area contributed by atoms with Crippen molar-refractivity contribution >= 4 is 17.6 Å². The SMILES string of the molecule is O=C(C[N+]12CCC(CC1)[C@@H](OC(=O)C1c3ccccc3Oc3ccccc31)C2)Nc1cncnc1. The second-order valence-corrected chi connectivity index (χ2v) is 9.73. The maximum Gasteiger partial charge on any atom is 0.318 e. The number of carbonyl (C=O) groups excluding carboxylic acids is 2. The summed E-state index contributed by atoms with van der Waals surface area (Å²) in [5.41, 5.74) is 2.24. The van der Waals surface area contributed by atoms with Crippen molar-refractivity contribution in [1.29, 1.82) is 0 Å². The summed E-state index contributed by atoms with van der Waals surface area (Å²) < 4.78 is 12.9. The van der Waals surface area contributed by atoms with Gasteiger partial charge in [-0.2, -0.15) is 0 Å². The first-order valence-corrected chi connectivity index (χ1v) is 12.1. The van der Waals surface area contributed by atoms with Crippen molar-refractivity contribution in [3.63, 3.8) is 0 Å². The normalized spacial score (nSPS) is 24.6. The molecule has 5 heterocycles. The Balaban J connectivity index is 1.19. The van der Waals surface area contributed by atoms with E-state index in [0.717, 1.165) is 37.1 Å².